The Labute approximate surface area is 108 Å². The molecule has 0 unspecified atom stereocenters. The lowest BCUT2D eigenvalue weighted by molar-refractivity contribution is 0.385. The van der Waals surface area contributed by atoms with Crippen LogP contribution in [-0.4, -0.2) is 20.1 Å². The van der Waals surface area contributed by atoms with Crippen molar-refractivity contribution in [2.24, 2.45) is 0 Å². The molecule has 0 aliphatic carbocycles. The van der Waals surface area contributed by atoms with Crippen molar-refractivity contribution in [1.82, 2.24) is 20.1 Å². The normalized spacial score (nSPS) is 10.3. The first-order valence-corrected chi connectivity index (χ1v) is 5.66. The topological polar surface area (TPSA) is 91.4 Å². The Hall–Kier alpha value is -2.94. The highest BCUT2D eigenvalue weighted by Gasteiger charge is 2.10. The highest BCUT2D eigenvalue weighted by molar-refractivity contribution is 5.41. The van der Waals surface area contributed by atoms with E-state index in [2.05, 4.69) is 26.2 Å². The van der Waals surface area contributed by atoms with Gasteiger partial charge >= 0.3 is 0 Å². The molecule has 2 heterocycles. The summed E-state index contributed by atoms with van der Waals surface area (Å²) < 4.78 is 5.16. The second kappa shape index (κ2) is 4.74. The van der Waals surface area contributed by atoms with Crippen LogP contribution in [-0.2, 0) is 6.42 Å². The third-order valence-corrected chi connectivity index (χ3v) is 2.62. The van der Waals surface area contributed by atoms with Crippen molar-refractivity contribution < 1.29 is 4.52 Å². The minimum Gasteiger partial charge on any atom is -0.342 e. The van der Waals surface area contributed by atoms with Crippen molar-refractivity contribution in [3.05, 3.63) is 53.7 Å². The maximum atomic E-state index is 8.73. The molecule has 0 aliphatic heterocycles. The molecule has 6 heteroatoms. The van der Waals surface area contributed by atoms with Gasteiger partial charge in [0.1, 0.15) is 0 Å². The molecular weight excluding hydrogens is 242 g/mol. The minimum atomic E-state index is 0.439. The number of nitriles is 1. The molecule has 1 N–H and O–H groups in total. The van der Waals surface area contributed by atoms with E-state index in [9.17, 15) is 0 Å². The van der Waals surface area contributed by atoms with Crippen LogP contribution in [0.25, 0.3) is 11.6 Å². The second-order valence-electron chi connectivity index (χ2n) is 3.94. The zero-order valence-corrected chi connectivity index (χ0v) is 9.87. The molecule has 0 saturated carbocycles. The van der Waals surface area contributed by atoms with E-state index in [1.54, 1.807) is 24.5 Å². The van der Waals surface area contributed by atoms with Crippen LogP contribution in [0.1, 0.15) is 17.0 Å². The third kappa shape index (κ3) is 2.35. The summed E-state index contributed by atoms with van der Waals surface area (Å²) in [5, 5.41) is 12.6. The fourth-order valence-electron chi connectivity index (χ4n) is 1.68. The molecule has 0 aliphatic rings. The molecule has 0 fully saturated rings. The first-order chi connectivity index (χ1) is 9.35. The highest BCUT2D eigenvalue weighted by atomic mass is 16.5. The average molecular weight is 251 g/mol. The Morgan fingerprint density at radius 1 is 1.26 bits per heavy atom. The number of rotatable bonds is 3. The van der Waals surface area contributed by atoms with Gasteiger partial charge in [0, 0.05) is 12.4 Å². The van der Waals surface area contributed by atoms with Crippen LogP contribution >= 0.6 is 0 Å². The number of benzene rings is 1. The van der Waals surface area contributed by atoms with Gasteiger partial charge in [-0.1, -0.05) is 17.3 Å². The van der Waals surface area contributed by atoms with Crippen LogP contribution in [0.2, 0.25) is 0 Å². The van der Waals surface area contributed by atoms with Gasteiger partial charge in [-0.05, 0) is 17.7 Å². The summed E-state index contributed by atoms with van der Waals surface area (Å²) >= 11 is 0. The molecule has 2 aromatic heterocycles. The molecule has 0 spiro atoms. The molecule has 0 saturated heterocycles. The van der Waals surface area contributed by atoms with E-state index in [0.29, 0.717) is 29.5 Å². The molecule has 0 atom stereocenters. The maximum Gasteiger partial charge on any atom is 0.238 e. The van der Waals surface area contributed by atoms with Crippen LogP contribution in [0.4, 0.5) is 0 Å². The summed E-state index contributed by atoms with van der Waals surface area (Å²) in [4.78, 5) is 11.2. The van der Waals surface area contributed by atoms with E-state index in [0.717, 1.165) is 5.56 Å². The fraction of sp³-hybridized carbons (Fsp3) is 0.0769. The summed E-state index contributed by atoms with van der Waals surface area (Å²) in [6, 6.07) is 9.34. The number of aromatic amines is 1. The lowest BCUT2D eigenvalue weighted by Gasteiger charge is -1.95. The SMILES string of the molecule is N#Cc1ccc(Cc2nc(-c3ncc[nH]3)no2)cc1. The van der Waals surface area contributed by atoms with E-state index in [4.69, 9.17) is 9.78 Å². The molecular formula is C13H9N5O. The lowest BCUT2D eigenvalue weighted by atomic mass is 10.1. The minimum absolute atomic E-state index is 0.439. The monoisotopic (exact) mass is 251 g/mol. The Kier molecular flexibility index (Phi) is 2.79. The predicted octanol–water partition coefficient (Wildman–Crippen LogP) is 1.92. The van der Waals surface area contributed by atoms with Crippen LogP contribution in [0, 0.1) is 11.3 Å². The molecule has 92 valence electrons. The van der Waals surface area contributed by atoms with Gasteiger partial charge < -0.3 is 9.51 Å². The Morgan fingerprint density at radius 2 is 2.11 bits per heavy atom. The number of hydrogen-bond donors (Lipinski definition) is 1. The van der Waals surface area contributed by atoms with Gasteiger partial charge in [-0.15, -0.1) is 0 Å². The Balaban J connectivity index is 1.78. The summed E-state index contributed by atoms with van der Waals surface area (Å²) in [6.07, 6.45) is 3.86. The third-order valence-electron chi connectivity index (χ3n) is 2.62. The number of nitrogens with zero attached hydrogens (tertiary/aromatic N) is 4. The number of aromatic nitrogens is 4. The molecule has 1 aromatic carbocycles. The van der Waals surface area contributed by atoms with E-state index >= 15 is 0 Å². The summed E-state index contributed by atoms with van der Waals surface area (Å²) in [7, 11) is 0. The largest absolute Gasteiger partial charge is 0.342 e. The maximum absolute atomic E-state index is 8.73. The first-order valence-electron chi connectivity index (χ1n) is 5.66. The smallest absolute Gasteiger partial charge is 0.238 e. The zero-order chi connectivity index (χ0) is 13.1. The lowest BCUT2D eigenvalue weighted by Crippen LogP contribution is -1.89. The molecule has 0 bridgehead atoms. The second-order valence-corrected chi connectivity index (χ2v) is 3.94. The number of nitrogens with one attached hydrogen (secondary N) is 1. The fourth-order valence-corrected chi connectivity index (χ4v) is 1.68. The zero-order valence-electron chi connectivity index (χ0n) is 9.87. The number of imidazole rings is 1. The van der Waals surface area contributed by atoms with E-state index < -0.39 is 0 Å². The van der Waals surface area contributed by atoms with Gasteiger partial charge in [0.15, 0.2) is 5.82 Å². The van der Waals surface area contributed by atoms with Gasteiger partial charge in [0.2, 0.25) is 11.7 Å². The molecule has 3 aromatic rings. The highest BCUT2D eigenvalue weighted by Crippen LogP contribution is 2.13. The van der Waals surface area contributed by atoms with Gasteiger partial charge in [0.05, 0.1) is 18.1 Å². The Morgan fingerprint density at radius 3 is 2.79 bits per heavy atom. The van der Waals surface area contributed by atoms with Crippen LogP contribution < -0.4 is 0 Å². The van der Waals surface area contributed by atoms with Crippen molar-refractivity contribution in [2.75, 3.05) is 0 Å². The molecule has 3 rings (SSSR count). The van der Waals surface area contributed by atoms with E-state index in [1.165, 1.54) is 0 Å². The summed E-state index contributed by atoms with van der Waals surface area (Å²) in [6.45, 7) is 0. The summed E-state index contributed by atoms with van der Waals surface area (Å²) in [5.74, 6) is 1.53. The quantitative estimate of drug-likeness (QED) is 0.767. The average Bonchev–Trinajstić information content (AvgIpc) is 3.10. The predicted molar refractivity (Wildman–Crippen MR) is 65.8 cm³/mol. The van der Waals surface area contributed by atoms with Crippen LogP contribution in [0.15, 0.2) is 41.2 Å². The van der Waals surface area contributed by atoms with Crippen molar-refractivity contribution >= 4 is 0 Å². The number of H-pyrrole nitrogens is 1. The molecule has 19 heavy (non-hydrogen) atoms. The number of hydrogen-bond acceptors (Lipinski definition) is 5. The van der Waals surface area contributed by atoms with E-state index in [-0.39, 0.29) is 0 Å². The van der Waals surface area contributed by atoms with Crippen LogP contribution in [0.3, 0.4) is 0 Å². The van der Waals surface area contributed by atoms with Gasteiger partial charge in [-0.2, -0.15) is 10.2 Å². The van der Waals surface area contributed by atoms with Crippen molar-refractivity contribution in [2.45, 2.75) is 6.42 Å². The van der Waals surface area contributed by atoms with Crippen LogP contribution in [0.5, 0.6) is 0 Å². The molecule has 0 amide bonds. The first kappa shape index (κ1) is 11.2. The van der Waals surface area contributed by atoms with Crippen molar-refractivity contribution in [3.8, 4) is 17.7 Å². The standard InChI is InChI=1S/C13H9N5O/c14-8-10-3-1-9(2-4-10)7-11-17-13(18-19-11)12-15-5-6-16-12/h1-6H,7H2,(H,15,16). The van der Waals surface area contributed by atoms with Gasteiger partial charge in [-0.3, -0.25) is 0 Å². The van der Waals surface area contributed by atoms with E-state index in [1.807, 2.05) is 12.1 Å². The van der Waals surface area contributed by atoms with Gasteiger partial charge in [0.25, 0.3) is 0 Å². The molecule has 0 radical (unpaired) electrons. The molecule has 6 nitrogen and oxygen atoms in total. The van der Waals surface area contributed by atoms with Crippen molar-refractivity contribution in [1.29, 1.82) is 5.26 Å². The summed E-state index contributed by atoms with van der Waals surface area (Å²) in [5.41, 5.74) is 1.64. The van der Waals surface area contributed by atoms with Gasteiger partial charge in [-0.25, -0.2) is 4.98 Å². The van der Waals surface area contributed by atoms with Crippen molar-refractivity contribution in [3.63, 3.8) is 0 Å². The Bertz CT molecular complexity index is 706.